The first-order valence-corrected chi connectivity index (χ1v) is 8.07. The molecule has 0 saturated carbocycles. The van der Waals surface area contributed by atoms with E-state index in [1.54, 1.807) is 11.0 Å². The molecular weight excluding hydrogens is 296 g/mol. The second-order valence-corrected chi connectivity index (χ2v) is 6.80. The van der Waals surface area contributed by atoms with Crippen molar-refractivity contribution in [2.45, 2.75) is 52.7 Å². The van der Waals surface area contributed by atoms with Gasteiger partial charge >= 0.3 is 7.12 Å². The van der Waals surface area contributed by atoms with Gasteiger partial charge in [0.25, 0.3) is 5.91 Å². The summed E-state index contributed by atoms with van der Waals surface area (Å²) >= 11 is 0. The van der Waals surface area contributed by atoms with E-state index >= 15 is 0 Å². The average Bonchev–Trinajstić information content (AvgIpc) is 2.69. The van der Waals surface area contributed by atoms with Crippen LogP contribution >= 0.6 is 0 Å². The monoisotopic (exact) mass is 321 g/mol. The number of carbonyl (C=O) groups excluding carboxylic acids is 1. The van der Waals surface area contributed by atoms with E-state index in [1.807, 2.05) is 41.5 Å². The molecule has 1 fully saturated rings. The molecule has 0 radical (unpaired) electrons. The molecule has 0 atom stereocenters. The van der Waals surface area contributed by atoms with Gasteiger partial charge in [-0.05, 0) is 59.1 Å². The van der Waals surface area contributed by atoms with Gasteiger partial charge in [-0.15, -0.1) is 0 Å². The van der Waals surface area contributed by atoms with Gasteiger partial charge in [0.1, 0.15) is 5.82 Å². The molecule has 0 bridgehead atoms. The molecule has 1 aromatic rings. The maximum absolute atomic E-state index is 14.1. The number of amides is 1. The molecule has 0 unspecified atom stereocenters. The number of benzene rings is 1. The van der Waals surface area contributed by atoms with E-state index in [-0.39, 0.29) is 11.5 Å². The van der Waals surface area contributed by atoms with Crippen molar-refractivity contribution >= 4 is 18.5 Å². The molecule has 0 aliphatic carbocycles. The van der Waals surface area contributed by atoms with Crippen LogP contribution in [0.5, 0.6) is 0 Å². The lowest BCUT2D eigenvalue weighted by atomic mass is 9.78. The minimum atomic E-state index is -0.608. The quantitative estimate of drug-likeness (QED) is 0.800. The van der Waals surface area contributed by atoms with Crippen LogP contribution in [0.15, 0.2) is 18.2 Å². The summed E-state index contributed by atoms with van der Waals surface area (Å²) < 4.78 is 26.1. The molecule has 1 aliphatic heterocycles. The Kier molecular flexibility index (Phi) is 4.88. The Morgan fingerprint density at radius 3 is 2.13 bits per heavy atom. The highest BCUT2D eigenvalue weighted by molar-refractivity contribution is 6.62. The Morgan fingerprint density at radius 2 is 1.65 bits per heavy atom. The van der Waals surface area contributed by atoms with Gasteiger partial charge in [0.15, 0.2) is 0 Å². The molecule has 23 heavy (non-hydrogen) atoms. The van der Waals surface area contributed by atoms with Crippen molar-refractivity contribution in [3.63, 3.8) is 0 Å². The number of hydrogen-bond acceptors (Lipinski definition) is 3. The third-order valence-electron chi connectivity index (χ3n) is 4.80. The van der Waals surface area contributed by atoms with Crippen LogP contribution in [0.4, 0.5) is 4.39 Å². The largest absolute Gasteiger partial charge is 0.494 e. The van der Waals surface area contributed by atoms with Crippen molar-refractivity contribution < 1.29 is 18.5 Å². The first kappa shape index (κ1) is 18.0. The highest BCUT2D eigenvalue weighted by Crippen LogP contribution is 2.36. The summed E-state index contributed by atoms with van der Waals surface area (Å²) in [5.41, 5.74) is -0.244. The summed E-state index contributed by atoms with van der Waals surface area (Å²) in [5.74, 6) is -0.840. The zero-order chi connectivity index (χ0) is 17.4. The molecular formula is C17H25BFNO3. The topological polar surface area (TPSA) is 38.8 Å². The fraction of sp³-hybridized carbons (Fsp3) is 0.588. The molecule has 1 heterocycles. The zero-order valence-corrected chi connectivity index (χ0v) is 14.8. The first-order chi connectivity index (χ1) is 10.6. The molecule has 4 nitrogen and oxygen atoms in total. The number of rotatable bonds is 4. The van der Waals surface area contributed by atoms with Crippen molar-refractivity contribution in [3.8, 4) is 0 Å². The van der Waals surface area contributed by atoms with Crippen LogP contribution in [0, 0.1) is 5.82 Å². The third-order valence-corrected chi connectivity index (χ3v) is 4.80. The van der Waals surface area contributed by atoms with Crippen LogP contribution in [0.25, 0.3) is 0 Å². The summed E-state index contributed by atoms with van der Waals surface area (Å²) in [6.07, 6.45) is 0. The molecule has 2 rings (SSSR count). The van der Waals surface area contributed by atoms with Crippen LogP contribution < -0.4 is 5.46 Å². The smallest absolute Gasteiger partial charge is 0.399 e. The van der Waals surface area contributed by atoms with Crippen LogP contribution in [0.3, 0.4) is 0 Å². The minimum Gasteiger partial charge on any atom is -0.399 e. The van der Waals surface area contributed by atoms with Gasteiger partial charge in [0, 0.05) is 13.1 Å². The molecule has 0 spiro atoms. The van der Waals surface area contributed by atoms with Crippen molar-refractivity contribution in [3.05, 3.63) is 29.6 Å². The predicted octanol–water partition coefficient (Wildman–Crippen LogP) is 2.61. The van der Waals surface area contributed by atoms with Gasteiger partial charge < -0.3 is 14.2 Å². The number of halogens is 1. The van der Waals surface area contributed by atoms with Gasteiger partial charge in [0.05, 0.1) is 16.8 Å². The van der Waals surface area contributed by atoms with Gasteiger partial charge in [-0.2, -0.15) is 0 Å². The minimum absolute atomic E-state index is 0.0564. The van der Waals surface area contributed by atoms with Crippen molar-refractivity contribution in [2.24, 2.45) is 0 Å². The molecule has 0 N–H and O–H groups in total. The Bertz CT molecular complexity index is 584. The van der Waals surface area contributed by atoms with Crippen molar-refractivity contribution in [2.75, 3.05) is 13.1 Å². The van der Waals surface area contributed by atoms with E-state index in [0.717, 1.165) is 0 Å². The molecule has 126 valence electrons. The van der Waals surface area contributed by atoms with Gasteiger partial charge in [0.2, 0.25) is 0 Å². The number of carbonyl (C=O) groups is 1. The third kappa shape index (κ3) is 3.28. The molecule has 1 aliphatic rings. The van der Waals surface area contributed by atoms with Crippen molar-refractivity contribution in [1.29, 1.82) is 0 Å². The standard InChI is InChI=1S/C17H25BFNO3/c1-7-20(8-2)15(21)13-11-12(9-10-14(13)19)18-22-16(3,4)17(5,6)23-18/h9-11H,7-8H2,1-6H3. The predicted molar refractivity (Wildman–Crippen MR) is 89.4 cm³/mol. The Hall–Kier alpha value is -1.40. The van der Waals surface area contributed by atoms with E-state index in [0.29, 0.717) is 18.6 Å². The van der Waals surface area contributed by atoms with E-state index in [9.17, 15) is 9.18 Å². The van der Waals surface area contributed by atoms with Crippen LogP contribution in [-0.2, 0) is 9.31 Å². The summed E-state index contributed by atoms with van der Waals surface area (Å²) in [7, 11) is -0.608. The second-order valence-electron chi connectivity index (χ2n) is 6.80. The fourth-order valence-electron chi connectivity index (χ4n) is 2.51. The highest BCUT2D eigenvalue weighted by atomic mass is 19.1. The molecule has 6 heteroatoms. The summed E-state index contributed by atoms with van der Waals surface area (Å²) in [6, 6.07) is 4.45. The Morgan fingerprint density at radius 1 is 1.13 bits per heavy atom. The SMILES string of the molecule is CCN(CC)C(=O)c1cc(B2OC(C)(C)C(C)(C)O2)ccc1F. The van der Waals surface area contributed by atoms with Crippen LogP contribution in [-0.4, -0.2) is 42.2 Å². The maximum atomic E-state index is 14.1. The van der Waals surface area contributed by atoms with Crippen LogP contribution in [0.2, 0.25) is 0 Å². The van der Waals surface area contributed by atoms with E-state index < -0.39 is 24.1 Å². The second kappa shape index (κ2) is 6.25. The normalized spacial score (nSPS) is 19.0. The van der Waals surface area contributed by atoms with Crippen molar-refractivity contribution in [1.82, 2.24) is 4.90 Å². The lowest BCUT2D eigenvalue weighted by Gasteiger charge is -2.32. The average molecular weight is 321 g/mol. The Balaban J connectivity index is 2.33. The summed E-state index contributed by atoms with van der Waals surface area (Å²) in [6.45, 7) is 12.6. The van der Waals surface area contributed by atoms with E-state index in [1.165, 1.54) is 12.1 Å². The molecule has 1 aromatic carbocycles. The number of hydrogen-bond donors (Lipinski definition) is 0. The number of nitrogens with zero attached hydrogens (tertiary/aromatic N) is 1. The van der Waals surface area contributed by atoms with Crippen LogP contribution in [0.1, 0.15) is 51.9 Å². The molecule has 1 amide bonds. The Labute approximate surface area is 138 Å². The highest BCUT2D eigenvalue weighted by Gasteiger charge is 2.51. The maximum Gasteiger partial charge on any atom is 0.494 e. The van der Waals surface area contributed by atoms with E-state index in [2.05, 4.69) is 0 Å². The van der Waals surface area contributed by atoms with Gasteiger partial charge in [-0.25, -0.2) is 4.39 Å². The molecule has 0 aromatic heterocycles. The van der Waals surface area contributed by atoms with Gasteiger partial charge in [-0.1, -0.05) is 6.07 Å². The van der Waals surface area contributed by atoms with E-state index in [4.69, 9.17) is 9.31 Å². The summed E-state index contributed by atoms with van der Waals surface area (Å²) in [5, 5.41) is 0. The summed E-state index contributed by atoms with van der Waals surface area (Å²) in [4.78, 5) is 14.0. The fourth-order valence-corrected chi connectivity index (χ4v) is 2.51. The first-order valence-electron chi connectivity index (χ1n) is 8.07. The lowest BCUT2D eigenvalue weighted by Crippen LogP contribution is -2.41. The lowest BCUT2D eigenvalue weighted by molar-refractivity contribution is 0.00578. The zero-order valence-electron chi connectivity index (χ0n) is 14.8. The molecule has 1 saturated heterocycles. The van der Waals surface area contributed by atoms with Gasteiger partial charge in [-0.3, -0.25) is 4.79 Å².